The number of nitrogens with one attached hydrogen (secondary N) is 2. The number of hydrogen-bond acceptors (Lipinski definition) is 7. The van der Waals surface area contributed by atoms with Gasteiger partial charge in [0.2, 0.25) is 5.91 Å². The van der Waals surface area contributed by atoms with E-state index in [2.05, 4.69) is 83.0 Å². The number of benzene rings is 3. The van der Waals surface area contributed by atoms with E-state index < -0.39 is 11.5 Å². The molecule has 5 aromatic rings. The molecule has 0 saturated heterocycles. The van der Waals surface area contributed by atoms with Gasteiger partial charge in [0, 0.05) is 53.5 Å². The third-order valence-corrected chi connectivity index (χ3v) is 14.2. The summed E-state index contributed by atoms with van der Waals surface area (Å²) in [5.74, 6) is 2.00. The molecular weight excluding hydrogens is 808 g/mol. The van der Waals surface area contributed by atoms with Gasteiger partial charge in [0.15, 0.2) is 0 Å². The minimum atomic E-state index is -1.10. The molecule has 1 saturated carbocycles. The van der Waals surface area contributed by atoms with Crippen LogP contribution in [0, 0.1) is 11.8 Å². The number of fused-ring (bicyclic) bond motifs is 3. The first kappa shape index (κ1) is 44.2. The van der Waals surface area contributed by atoms with Crippen LogP contribution < -0.4 is 20.1 Å². The zero-order valence-electron chi connectivity index (χ0n) is 36.7. The number of carboxylic acids is 1. The molecule has 2 heterocycles. The van der Waals surface area contributed by atoms with Gasteiger partial charge in [-0.05, 0) is 171 Å². The van der Waals surface area contributed by atoms with Gasteiger partial charge in [0.05, 0.1) is 13.2 Å². The molecule has 0 bridgehead atoms. The maximum Gasteiger partial charge on any atom is 0.329 e. The van der Waals surface area contributed by atoms with Crippen molar-refractivity contribution in [3.05, 3.63) is 136 Å². The molecule has 9 nitrogen and oxygen atoms in total. The third kappa shape index (κ3) is 10.4. The second-order valence-electron chi connectivity index (χ2n) is 18.4. The van der Waals surface area contributed by atoms with Crippen molar-refractivity contribution >= 4 is 29.2 Å². The summed E-state index contributed by atoms with van der Waals surface area (Å²) in [4.78, 5) is 34.8. The lowest BCUT2D eigenvalue weighted by molar-refractivity contribution is -0.144. The first-order valence-electron chi connectivity index (χ1n) is 23.0. The Hall–Kier alpha value is -5.41. The molecule has 0 unspecified atom stereocenters. The number of anilines is 1. The number of hydrogen-bond donors (Lipinski definition) is 3. The van der Waals surface area contributed by atoms with Gasteiger partial charge in [0.1, 0.15) is 17.0 Å². The lowest BCUT2D eigenvalue weighted by Gasteiger charge is -2.47. The number of ether oxygens (including phenoxy) is 2. The second-order valence-corrected chi connectivity index (χ2v) is 18.8. The van der Waals surface area contributed by atoms with E-state index in [0.29, 0.717) is 62.3 Å². The number of amides is 1. The number of aromatic nitrogens is 2. The van der Waals surface area contributed by atoms with Crippen molar-refractivity contribution in [2.75, 3.05) is 25.1 Å². The number of carboxylic acid groups (broad SMARTS) is 1. The molecular formula is C53H61ClN4O5. The van der Waals surface area contributed by atoms with Gasteiger partial charge in [-0.3, -0.25) is 14.8 Å². The molecule has 1 spiro atoms. The predicted molar refractivity (Wildman–Crippen MR) is 250 cm³/mol. The fourth-order valence-electron chi connectivity index (χ4n) is 10.6. The second kappa shape index (κ2) is 20.0. The molecule has 10 heteroatoms. The van der Waals surface area contributed by atoms with E-state index in [-0.39, 0.29) is 17.2 Å². The Morgan fingerprint density at radius 2 is 1.78 bits per heavy atom. The van der Waals surface area contributed by atoms with Gasteiger partial charge in [-0.25, -0.2) is 4.79 Å². The normalized spacial score (nSPS) is 21.8. The summed E-state index contributed by atoms with van der Waals surface area (Å²) >= 11 is 6.32. The van der Waals surface area contributed by atoms with Crippen molar-refractivity contribution in [3.8, 4) is 22.6 Å². The van der Waals surface area contributed by atoms with Crippen LogP contribution in [0.1, 0.15) is 112 Å². The van der Waals surface area contributed by atoms with Crippen LogP contribution in [-0.4, -0.2) is 52.2 Å². The van der Waals surface area contributed by atoms with E-state index in [4.69, 9.17) is 21.1 Å². The molecule has 8 rings (SSSR count). The number of pyridine rings is 2. The van der Waals surface area contributed by atoms with E-state index in [0.717, 1.165) is 79.7 Å². The number of rotatable bonds is 18. The summed E-state index contributed by atoms with van der Waals surface area (Å²) in [6.07, 6.45) is 15.9. The van der Waals surface area contributed by atoms with Crippen molar-refractivity contribution in [1.29, 1.82) is 0 Å². The Morgan fingerprint density at radius 1 is 0.937 bits per heavy atom. The van der Waals surface area contributed by atoms with Gasteiger partial charge in [-0.2, -0.15) is 0 Å². The molecule has 3 N–H and O–H groups in total. The number of carbonyl (C=O) groups is 2. The smallest absolute Gasteiger partial charge is 0.329 e. The van der Waals surface area contributed by atoms with Gasteiger partial charge in [0.25, 0.3) is 0 Å². The summed E-state index contributed by atoms with van der Waals surface area (Å²) in [6.45, 7) is 6.23. The summed E-state index contributed by atoms with van der Waals surface area (Å²) in [7, 11) is 0. The maximum absolute atomic E-state index is 13.1. The van der Waals surface area contributed by atoms with Crippen molar-refractivity contribution in [2.24, 2.45) is 11.8 Å². The third-order valence-electron chi connectivity index (χ3n) is 14.0. The van der Waals surface area contributed by atoms with Crippen LogP contribution in [-0.2, 0) is 34.3 Å². The van der Waals surface area contributed by atoms with Crippen molar-refractivity contribution in [2.45, 2.75) is 114 Å². The first-order chi connectivity index (χ1) is 30.6. The molecule has 3 aliphatic rings. The molecule has 1 amide bonds. The monoisotopic (exact) mass is 868 g/mol. The van der Waals surface area contributed by atoms with Crippen molar-refractivity contribution in [1.82, 2.24) is 15.3 Å². The zero-order valence-corrected chi connectivity index (χ0v) is 37.5. The Labute approximate surface area is 377 Å². The van der Waals surface area contributed by atoms with Gasteiger partial charge in [-0.1, -0.05) is 67.9 Å². The average molecular weight is 870 g/mol. The van der Waals surface area contributed by atoms with Crippen LogP contribution >= 0.6 is 11.6 Å². The van der Waals surface area contributed by atoms with Gasteiger partial charge >= 0.3 is 5.97 Å². The molecule has 2 aromatic heterocycles. The van der Waals surface area contributed by atoms with E-state index in [1.165, 1.54) is 34.4 Å². The van der Waals surface area contributed by atoms with Crippen LogP contribution in [0.25, 0.3) is 11.1 Å². The number of nitrogens with zero attached hydrogens (tertiary/aromatic N) is 2. The van der Waals surface area contributed by atoms with E-state index in [1.807, 2.05) is 36.7 Å². The van der Waals surface area contributed by atoms with E-state index in [1.54, 1.807) is 18.3 Å². The topological polar surface area (TPSA) is 123 Å². The Kier molecular flexibility index (Phi) is 14.0. The number of aryl methyl sites for hydroxylation is 2. The summed E-state index contributed by atoms with van der Waals surface area (Å²) in [6, 6.07) is 28.3. The fraction of sp³-hybridized carbons (Fsp3) is 0.434. The average Bonchev–Trinajstić information content (AvgIpc) is 3.57. The molecule has 3 aliphatic carbocycles. The highest BCUT2D eigenvalue weighted by molar-refractivity contribution is 6.30. The summed E-state index contributed by atoms with van der Waals surface area (Å²) in [5, 5.41) is 17.8. The highest BCUT2D eigenvalue weighted by Crippen LogP contribution is 2.57. The Balaban J connectivity index is 0.892. The van der Waals surface area contributed by atoms with Crippen molar-refractivity contribution < 1.29 is 24.2 Å². The molecule has 3 aromatic carbocycles. The Morgan fingerprint density at radius 3 is 2.59 bits per heavy atom. The molecule has 0 aliphatic heterocycles. The molecule has 3 atom stereocenters. The number of aliphatic carboxylic acids is 1. The zero-order chi connectivity index (χ0) is 43.8. The van der Waals surface area contributed by atoms with Crippen LogP contribution in [0.2, 0.25) is 5.02 Å². The number of halogens is 1. The SMILES string of the molecule is C[C@@H](COc1ccnc2c1[C@H](C)CCC2)C[C@H]1Cc2ccc(OCCCC(=O)NCCCc3cccc(-c4cccnc4)c3)cc2C12CCC(Nc1cccc(Cl)c1)(C(=O)O)CC2. The van der Waals surface area contributed by atoms with E-state index in [9.17, 15) is 14.7 Å². The maximum atomic E-state index is 13.1. The van der Waals surface area contributed by atoms with E-state index >= 15 is 0 Å². The lowest BCUT2D eigenvalue weighted by atomic mass is 9.59. The molecule has 63 heavy (non-hydrogen) atoms. The fourth-order valence-corrected chi connectivity index (χ4v) is 10.8. The predicted octanol–water partition coefficient (Wildman–Crippen LogP) is 11.2. The quantitative estimate of drug-likeness (QED) is 0.0744. The largest absolute Gasteiger partial charge is 0.494 e. The van der Waals surface area contributed by atoms with Gasteiger partial charge in [-0.15, -0.1) is 0 Å². The van der Waals surface area contributed by atoms with Gasteiger partial charge < -0.3 is 25.2 Å². The summed E-state index contributed by atoms with van der Waals surface area (Å²) < 4.78 is 13.0. The highest BCUT2D eigenvalue weighted by atomic mass is 35.5. The first-order valence-corrected chi connectivity index (χ1v) is 23.4. The minimum absolute atomic E-state index is 0.0328. The Bertz CT molecular complexity index is 2360. The minimum Gasteiger partial charge on any atom is -0.494 e. The molecule has 0 radical (unpaired) electrons. The van der Waals surface area contributed by atoms with Crippen LogP contribution in [0.15, 0.2) is 104 Å². The molecule has 330 valence electrons. The number of carbonyl (C=O) groups excluding carboxylic acids is 1. The van der Waals surface area contributed by atoms with Crippen molar-refractivity contribution in [3.63, 3.8) is 0 Å². The van der Waals surface area contributed by atoms with Crippen LogP contribution in [0.5, 0.6) is 11.5 Å². The van der Waals surface area contributed by atoms with Crippen LogP contribution in [0.4, 0.5) is 5.69 Å². The lowest BCUT2D eigenvalue weighted by Crippen LogP contribution is -2.53. The van der Waals surface area contributed by atoms with Crippen LogP contribution in [0.3, 0.4) is 0 Å². The summed E-state index contributed by atoms with van der Waals surface area (Å²) in [5.41, 5.74) is 7.93. The molecule has 1 fully saturated rings. The standard InChI is InChI=1S/C53H61ClN4O5/c1-36(35-63-48-20-27-56-47-16-3-9-37(2)50(47)48)29-42-31-40-18-19-45(33-46(40)52(42)21-23-53(24-22-52,51(60)61)58-44-15-5-14-43(54)32-44)62-28-8-17-49(59)57-26-6-11-38-10-4-12-39(30-38)41-13-7-25-55-34-41/h4-5,7,10,12-15,18-20,25,27,30,32-34,36-37,42,58H,3,6,8-9,11,16-17,21-24,26,28-29,31,35H2,1-2H3,(H,57,59)(H,60,61)/t36-,37-,42+,52?,53?/m1/s1. The highest BCUT2D eigenvalue weighted by Gasteiger charge is 2.54.